The number of hydrogen-bond donors (Lipinski definition) is 5. The van der Waals surface area contributed by atoms with Gasteiger partial charge in [-0.15, -0.1) is 0 Å². The molecule has 8 heteroatoms. The molecule has 0 amide bonds. The third kappa shape index (κ3) is 22.2. The van der Waals surface area contributed by atoms with Crippen molar-refractivity contribution < 1.29 is 39.9 Å². The van der Waals surface area contributed by atoms with Crippen molar-refractivity contribution in [3.05, 3.63) is 0 Å². The molecule has 0 aromatic rings. The Balaban J connectivity index is 0. The molecule has 0 spiro atoms. The van der Waals surface area contributed by atoms with Crippen molar-refractivity contribution in [2.45, 2.75) is 129 Å². The maximum atomic E-state index is 9.98. The second kappa shape index (κ2) is 22.4. The largest absolute Gasteiger partial charge is 0.547 e. The molecule has 0 aliphatic heterocycles. The summed E-state index contributed by atoms with van der Waals surface area (Å²) in [5, 5.41) is 53.4. The molecule has 0 aromatic heterocycles. The molecule has 0 aromatic carbocycles. The van der Waals surface area contributed by atoms with Gasteiger partial charge < -0.3 is 39.9 Å². The van der Waals surface area contributed by atoms with E-state index in [4.69, 9.17) is 25.5 Å². The van der Waals surface area contributed by atoms with Gasteiger partial charge in [-0.3, -0.25) is 0 Å². The highest BCUT2D eigenvalue weighted by atomic mass is 16.4. The summed E-state index contributed by atoms with van der Waals surface area (Å²) in [7, 11) is 4.85. The Labute approximate surface area is 214 Å². The van der Waals surface area contributed by atoms with Gasteiger partial charge in [-0.25, -0.2) is 0 Å². The van der Waals surface area contributed by atoms with Crippen LogP contribution >= 0.6 is 0 Å². The first-order valence-corrected chi connectivity index (χ1v) is 13.8. The molecule has 8 nitrogen and oxygen atoms in total. The van der Waals surface area contributed by atoms with Gasteiger partial charge >= 0.3 is 0 Å². The lowest BCUT2D eigenvalue weighted by molar-refractivity contribution is -0.890. The summed E-state index contributed by atoms with van der Waals surface area (Å²) >= 11 is 0. The molecule has 0 aliphatic carbocycles. The van der Waals surface area contributed by atoms with Gasteiger partial charge in [0.2, 0.25) is 0 Å². The normalized spacial score (nSPS) is 15.3. The predicted molar refractivity (Wildman–Crippen MR) is 138 cm³/mol. The first-order valence-electron chi connectivity index (χ1n) is 13.8. The van der Waals surface area contributed by atoms with Gasteiger partial charge in [0.05, 0.1) is 39.8 Å². The van der Waals surface area contributed by atoms with Crippen LogP contribution in [0.15, 0.2) is 0 Å². The minimum Gasteiger partial charge on any atom is -0.547 e. The first kappa shape index (κ1) is 36.4. The van der Waals surface area contributed by atoms with E-state index in [1.165, 1.54) is 101 Å². The Morgan fingerprint density at radius 2 is 1.17 bits per heavy atom. The summed E-state index contributed by atoms with van der Waals surface area (Å²) in [5.74, 6) is -1.09. The number of carbonyl (C=O) groups excluding carboxylic acids is 1. The van der Waals surface area contributed by atoms with E-state index in [0.717, 1.165) is 5.92 Å². The molecule has 0 radical (unpaired) electrons. The van der Waals surface area contributed by atoms with Crippen LogP contribution in [0.3, 0.4) is 0 Å². The molecule has 35 heavy (non-hydrogen) atoms. The van der Waals surface area contributed by atoms with Crippen molar-refractivity contribution in [2.75, 3.05) is 33.8 Å². The Morgan fingerprint density at radius 1 is 0.743 bits per heavy atom. The lowest BCUT2D eigenvalue weighted by Gasteiger charge is -2.30. The summed E-state index contributed by atoms with van der Waals surface area (Å²) in [6, 6.07) is 0. The molecule has 212 valence electrons. The van der Waals surface area contributed by atoms with Gasteiger partial charge in [-0.05, 0) is 31.6 Å². The monoisotopic (exact) mass is 507 g/mol. The average Bonchev–Trinajstić information content (AvgIpc) is 2.81. The van der Waals surface area contributed by atoms with E-state index in [1.54, 1.807) is 0 Å². The number of unbranched alkanes of at least 4 members (excludes halogenated alkanes) is 10. The molecule has 0 unspecified atom stereocenters. The Kier molecular flexibility index (Phi) is 23.3. The van der Waals surface area contributed by atoms with Crippen LogP contribution in [0.5, 0.6) is 0 Å². The summed E-state index contributed by atoms with van der Waals surface area (Å²) in [4.78, 5) is 9.98. The highest BCUT2D eigenvalue weighted by Gasteiger charge is 2.30. The summed E-state index contributed by atoms with van der Waals surface area (Å²) in [6.07, 6.45) is 10.6. The fourth-order valence-corrected chi connectivity index (χ4v) is 3.89. The van der Waals surface area contributed by atoms with E-state index in [1.807, 2.05) is 0 Å². The van der Waals surface area contributed by atoms with E-state index in [0.29, 0.717) is 0 Å². The lowest BCUT2D eigenvalue weighted by Crippen LogP contribution is -2.52. The number of carboxylic acid groups (broad SMARTS) is 1. The van der Waals surface area contributed by atoms with E-state index >= 15 is 0 Å². The van der Waals surface area contributed by atoms with Crippen LogP contribution in [0.25, 0.3) is 0 Å². The fourth-order valence-electron chi connectivity index (χ4n) is 3.89. The van der Waals surface area contributed by atoms with Gasteiger partial charge in [0.1, 0.15) is 24.4 Å². The minimum atomic E-state index is -2.31. The second-order valence-electron chi connectivity index (χ2n) is 10.9. The predicted octanol–water partition coefficient (Wildman–Crippen LogP) is 1.98. The van der Waals surface area contributed by atoms with Gasteiger partial charge in [0.25, 0.3) is 0 Å². The fraction of sp³-hybridized carbons (Fsp3) is 0.963. The zero-order valence-corrected chi connectivity index (χ0v) is 23.2. The Bertz CT molecular complexity index is 488. The molecule has 0 rings (SSSR count). The van der Waals surface area contributed by atoms with Crippen molar-refractivity contribution in [1.29, 1.82) is 0 Å². The van der Waals surface area contributed by atoms with Crippen LogP contribution in [-0.2, 0) is 4.79 Å². The molecule has 5 N–H and O–H groups in total. The number of rotatable bonds is 21. The van der Waals surface area contributed by atoms with E-state index < -0.39 is 37.0 Å². The van der Waals surface area contributed by atoms with Gasteiger partial charge in [-0.1, -0.05) is 78.6 Å². The number of hydrogen-bond acceptors (Lipinski definition) is 7. The highest BCUT2D eigenvalue weighted by molar-refractivity contribution is 5.70. The van der Waals surface area contributed by atoms with Gasteiger partial charge in [-0.2, -0.15) is 0 Å². The van der Waals surface area contributed by atoms with Crippen LogP contribution in [-0.4, -0.2) is 94.2 Å². The standard InChI is InChI=1S/C21H46N.C6H12O7/c1-6-7-8-9-10-11-13-16-19-22(4,5)20-17-14-12-15-18-21(2)3;7-1-2(8)3(9)4(10)5(11)6(12)13/h21H,6-20H2,1-5H3;2-5,7-11H,1H2,(H,12,13)/q+1;/p-1/t;2-,3-,4+,5-/m.1/s1. The maximum absolute atomic E-state index is 9.98. The molecular formula is C27H57NO7. The highest BCUT2D eigenvalue weighted by Crippen LogP contribution is 2.13. The van der Waals surface area contributed by atoms with Crippen LogP contribution in [0.4, 0.5) is 0 Å². The smallest absolute Gasteiger partial charge is 0.122 e. The van der Waals surface area contributed by atoms with Crippen molar-refractivity contribution in [3.63, 3.8) is 0 Å². The SMILES string of the molecule is CCCCCCCCCC[N+](C)(C)CCCCCCC(C)C.O=C([O-])[C@H](O)[C@@H](O)[C@H](O)[C@H](O)CO. The van der Waals surface area contributed by atoms with Crippen molar-refractivity contribution in [1.82, 2.24) is 0 Å². The number of quaternary nitrogens is 1. The number of nitrogens with zero attached hydrogens (tertiary/aromatic N) is 1. The number of carboxylic acids is 1. The molecule has 0 saturated heterocycles. The van der Waals surface area contributed by atoms with Gasteiger partial charge in [0.15, 0.2) is 0 Å². The lowest BCUT2D eigenvalue weighted by atomic mass is 10.0. The molecular weight excluding hydrogens is 450 g/mol. The number of aliphatic carboxylic acids is 1. The third-order valence-corrected chi connectivity index (χ3v) is 6.41. The average molecular weight is 508 g/mol. The number of aliphatic hydroxyl groups excluding tert-OH is 5. The van der Waals surface area contributed by atoms with Crippen LogP contribution in [0, 0.1) is 5.92 Å². The van der Waals surface area contributed by atoms with E-state index in [-0.39, 0.29) is 0 Å². The summed E-state index contributed by atoms with van der Waals surface area (Å²) < 4.78 is 1.24. The summed E-state index contributed by atoms with van der Waals surface area (Å²) in [6.45, 7) is 8.86. The van der Waals surface area contributed by atoms with Crippen molar-refractivity contribution >= 4 is 5.97 Å². The zero-order valence-electron chi connectivity index (χ0n) is 23.2. The van der Waals surface area contributed by atoms with E-state index in [9.17, 15) is 9.90 Å². The zero-order chi connectivity index (χ0) is 27.3. The molecule has 0 fully saturated rings. The van der Waals surface area contributed by atoms with Crippen LogP contribution < -0.4 is 5.11 Å². The molecule has 0 aliphatic rings. The summed E-state index contributed by atoms with van der Waals surface area (Å²) in [5.41, 5.74) is 0. The topological polar surface area (TPSA) is 141 Å². The molecule has 4 atom stereocenters. The second-order valence-corrected chi connectivity index (χ2v) is 10.9. The van der Waals surface area contributed by atoms with Crippen LogP contribution in [0.2, 0.25) is 0 Å². The molecule has 0 heterocycles. The van der Waals surface area contributed by atoms with E-state index in [2.05, 4.69) is 34.9 Å². The first-order chi connectivity index (χ1) is 16.4. The minimum absolute atomic E-state index is 0.863. The maximum Gasteiger partial charge on any atom is 0.122 e. The van der Waals surface area contributed by atoms with Gasteiger partial charge in [0, 0.05) is 0 Å². The molecule has 0 saturated carbocycles. The third-order valence-electron chi connectivity index (χ3n) is 6.41. The van der Waals surface area contributed by atoms with Crippen molar-refractivity contribution in [2.24, 2.45) is 5.92 Å². The molecule has 0 bridgehead atoms. The number of aliphatic hydroxyl groups is 5. The number of carbonyl (C=O) groups is 1. The quantitative estimate of drug-likeness (QED) is 0.118. The Hall–Kier alpha value is -0.770. The Morgan fingerprint density at radius 3 is 1.57 bits per heavy atom. The van der Waals surface area contributed by atoms with Crippen molar-refractivity contribution in [3.8, 4) is 0 Å². The van der Waals surface area contributed by atoms with Crippen LogP contribution in [0.1, 0.15) is 104 Å².